The molecule has 1 aromatic carbocycles. The normalized spacial score (nSPS) is 16.9. The number of halogens is 1. The van der Waals surface area contributed by atoms with Crippen LogP contribution in [-0.2, 0) is 6.54 Å². The summed E-state index contributed by atoms with van der Waals surface area (Å²) in [7, 11) is 0. The third kappa shape index (κ3) is 3.13. The Bertz CT molecular complexity index is 464. The van der Waals surface area contributed by atoms with Gasteiger partial charge in [-0.3, -0.25) is 4.79 Å². The molecule has 0 saturated heterocycles. The average molecular weight is 264 g/mol. The monoisotopic (exact) mass is 264 g/mol. The maximum atomic E-state index is 13.8. The molecule has 0 bridgehead atoms. The second-order valence-corrected chi connectivity index (χ2v) is 5.48. The minimum absolute atomic E-state index is 0.213. The summed E-state index contributed by atoms with van der Waals surface area (Å²) >= 11 is 0. The van der Waals surface area contributed by atoms with E-state index in [-0.39, 0.29) is 11.4 Å². The van der Waals surface area contributed by atoms with Crippen molar-refractivity contribution < 1.29 is 9.18 Å². The molecular formula is C15H21FN2O. The van der Waals surface area contributed by atoms with E-state index in [1.54, 1.807) is 12.1 Å². The van der Waals surface area contributed by atoms with Crippen LogP contribution in [0.5, 0.6) is 0 Å². The molecule has 1 amide bonds. The zero-order valence-electron chi connectivity index (χ0n) is 11.3. The predicted octanol–water partition coefficient (Wildman–Crippen LogP) is 2.59. The van der Waals surface area contributed by atoms with Crippen LogP contribution in [-0.4, -0.2) is 12.5 Å². The van der Waals surface area contributed by atoms with Crippen LogP contribution in [0, 0.1) is 11.2 Å². The second-order valence-electron chi connectivity index (χ2n) is 5.48. The van der Waals surface area contributed by atoms with E-state index in [1.165, 1.54) is 31.7 Å². The van der Waals surface area contributed by atoms with Gasteiger partial charge in [-0.05, 0) is 36.8 Å². The van der Waals surface area contributed by atoms with E-state index in [9.17, 15) is 9.18 Å². The van der Waals surface area contributed by atoms with Crippen molar-refractivity contribution in [1.82, 2.24) is 5.32 Å². The average Bonchev–Trinajstić information content (AvgIpc) is 2.34. The molecular weight excluding hydrogens is 243 g/mol. The topological polar surface area (TPSA) is 55.1 Å². The van der Waals surface area contributed by atoms with Crippen LogP contribution in [0.1, 0.15) is 48.5 Å². The van der Waals surface area contributed by atoms with E-state index >= 15 is 0 Å². The molecule has 1 saturated carbocycles. The molecule has 0 aromatic heterocycles. The standard InChI is InChI=1S/C15H21FN2O/c1-2-15(6-3-7-15)10-18-9-12-5-4-11(14(17)19)8-13(12)16/h4-5,8,18H,2-3,6-7,9-10H2,1H3,(H2,17,19). The van der Waals surface area contributed by atoms with Gasteiger partial charge in [0, 0.05) is 24.2 Å². The number of carbonyl (C=O) groups is 1. The van der Waals surface area contributed by atoms with Crippen molar-refractivity contribution in [3.8, 4) is 0 Å². The van der Waals surface area contributed by atoms with Crippen molar-refractivity contribution in [1.29, 1.82) is 0 Å². The minimum Gasteiger partial charge on any atom is -0.366 e. The zero-order valence-corrected chi connectivity index (χ0v) is 11.3. The van der Waals surface area contributed by atoms with Gasteiger partial charge in [-0.1, -0.05) is 19.4 Å². The fourth-order valence-corrected chi connectivity index (χ4v) is 2.64. The van der Waals surface area contributed by atoms with Gasteiger partial charge in [-0.25, -0.2) is 4.39 Å². The SMILES string of the molecule is CCC1(CNCc2ccc(C(N)=O)cc2F)CCC1. The Balaban J connectivity index is 1.91. The van der Waals surface area contributed by atoms with E-state index in [0.29, 0.717) is 17.5 Å². The van der Waals surface area contributed by atoms with Gasteiger partial charge in [0.25, 0.3) is 0 Å². The van der Waals surface area contributed by atoms with Crippen LogP contribution in [0.15, 0.2) is 18.2 Å². The number of carbonyl (C=O) groups excluding carboxylic acids is 1. The Hall–Kier alpha value is -1.42. The first kappa shape index (κ1) is 14.0. The lowest BCUT2D eigenvalue weighted by atomic mass is 9.67. The Labute approximate surface area is 113 Å². The first-order valence-electron chi connectivity index (χ1n) is 6.85. The molecule has 0 unspecified atom stereocenters. The summed E-state index contributed by atoms with van der Waals surface area (Å²) in [5.41, 5.74) is 6.33. The van der Waals surface area contributed by atoms with Gasteiger partial charge in [0.2, 0.25) is 5.91 Å². The summed E-state index contributed by atoms with van der Waals surface area (Å²) in [6, 6.07) is 4.40. The van der Waals surface area contributed by atoms with Gasteiger partial charge < -0.3 is 11.1 Å². The Morgan fingerprint density at radius 1 is 1.47 bits per heavy atom. The van der Waals surface area contributed by atoms with Crippen molar-refractivity contribution >= 4 is 5.91 Å². The number of hydrogen-bond donors (Lipinski definition) is 2. The molecule has 0 atom stereocenters. The Morgan fingerprint density at radius 2 is 2.21 bits per heavy atom. The lowest BCUT2D eigenvalue weighted by Gasteiger charge is -2.41. The van der Waals surface area contributed by atoms with E-state index in [2.05, 4.69) is 12.2 Å². The highest BCUT2D eigenvalue weighted by molar-refractivity contribution is 5.92. The number of primary amides is 1. The van der Waals surface area contributed by atoms with Crippen LogP contribution in [0.3, 0.4) is 0 Å². The fourth-order valence-electron chi connectivity index (χ4n) is 2.64. The maximum Gasteiger partial charge on any atom is 0.248 e. The quantitative estimate of drug-likeness (QED) is 0.829. The smallest absolute Gasteiger partial charge is 0.248 e. The molecule has 0 radical (unpaired) electrons. The molecule has 1 aliphatic rings. The van der Waals surface area contributed by atoms with E-state index < -0.39 is 5.91 Å². The zero-order chi connectivity index (χ0) is 13.9. The van der Waals surface area contributed by atoms with Crippen LogP contribution >= 0.6 is 0 Å². The van der Waals surface area contributed by atoms with Crippen LogP contribution in [0.2, 0.25) is 0 Å². The number of amides is 1. The molecule has 1 aromatic rings. The Kier molecular flexibility index (Phi) is 4.20. The van der Waals surface area contributed by atoms with Gasteiger partial charge in [-0.15, -0.1) is 0 Å². The second kappa shape index (κ2) is 5.70. The van der Waals surface area contributed by atoms with E-state index in [0.717, 1.165) is 6.54 Å². The molecule has 104 valence electrons. The molecule has 3 N–H and O–H groups in total. The van der Waals surface area contributed by atoms with Gasteiger partial charge in [0.15, 0.2) is 0 Å². The number of hydrogen-bond acceptors (Lipinski definition) is 2. The maximum absolute atomic E-state index is 13.8. The number of rotatable bonds is 6. The number of nitrogens with one attached hydrogen (secondary N) is 1. The lowest BCUT2D eigenvalue weighted by Crippen LogP contribution is -2.39. The summed E-state index contributed by atoms with van der Waals surface area (Å²) in [5, 5.41) is 3.33. The van der Waals surface area contributed by atoms with Gasteiger partial charge in [0.1, 0.15) is 5.82 Å². The molecule has 0 heterocycles. The van der Waals surface area contributed by atoms with Gasteiger partial charge >= 0.3 is 0 Å². The van der Waals surface area contributed by atoms with E-state index in [1.807, 2.05) is 0 Å². The highest BCUT2D eigenvalue weighted by Gasteiger charge is 2.34. The van der Waals surface area contributed by atoms with Gasteiger partial charge in [-0.2, -0.15) is 0 Å². The van der Waals surface area contributed by atoms with Crippen molar-refractivity contribution in [3.63, 3.8) is 0 Å². The molecule has 0 spiro atoms. The molecule has 0 aliphatic heterocycles. The third-order valence-corrected chi connectivity index (χ3v) is 4.32. The highest BCUT2D eigenvalue weighted by atomic mass is 19.1. The summed E-state index contributed by atoms with van der Waals surface area (Å²) < 4.78 is 13.8. The molecule has 1 aliphatic carbocycles. The largest absolute Gasteiger partial charge is 0.366 e. The number of benzene rings is 1. The summed E-state index contributed by atoms with van der Waals surface area (Å²) in [6.45, 7) is 3.64. The molecule has 2 rings (SSSR count). The van der Waals surface area contributed by atoms with Gasteiger partial charge in [0.05, 0.1) is 0 Å². The van der Waals surface area contributed by atoms with Crippen LogP contribution in [0.25, 0.3) is 0 Å². The van der Waals surface area contributed by atoms with E-state index in [4.69, 9.17) is 5.73 Å². The Morgan fingerprint density at radius 3 is 2.68 bits per heavy atom. The third-order valence-electron chi connectivity index (χ3n) is 4.32. The summed E-state index contributed by atoms with van der Waals surface area (Å²) in [5.74, 6) is -0.972. The summed E-state index contributed by atoms with van der Waals surface area (Å²) in [6.07, 6.45) is 5.00. The highest BCUT2D eigenvalue weighted by Crippen LogP contribution is 2.43. The first-order chi connectivity index (χ1) is 9.06. The predicted molar refractivity (Wildman–Crippen MR) is 73.2 cm³/mol. The fraction of sp³-hybridized carbons (Fsp3) is 0.533. The number of nitrogens with two attached hydrogens (primary N) is 1. The summed E-state index contributed by atoms with van der Waals surface area (Å²) in [4.78, 5) is 10.9. The van der Waals surface area contributed by atoms with Crippen molar-refractivity contribution in [2.24, 2.45) is 11.1 Å². The minimum atomic E-state index is -0.599. The molecule has 3 nitrogen and oxygen atoms in total. The molecule has 19 heavy (non-hydrogen) atoms. The lowest BCUT2D eigenvalue weighted by molar-refractivity contribution is 0.1000. The van der Waals surface area contributed by atoms with Crippen LogP contribution in [0.4, 0.5) is 4.39 Å². The van der Waals surface area contributed by atoms with Crippen molar-refractivity contribution in [3.05, 3.63) is 35.1 Å². The van der Waals surface area contributed by atoms with Crippen molar-refractivity contribution in [2.75, 3.05) is 6.54 Å². The van der Waals surface area contributed by atoms with Crippen LogP contribution < -0.4 is 11.1 Å². The first-order valence-corrected chi connectivity index (χ1v) is 6.85. The molecule has 1 fully saturated rings. The van der Waals surface area contributed by atoms with Crippen molar-refractivity contribution in [2.45, 2.75) is 39.2 Å². The molecule has 4 heteroatoms.